The first-order valence-electron chi connectivity index (χ1n) is 6.04. The van der Waals surface area contributed by atoms with Gasteiger partial charge in [0.25, 0.3) is 0 Å². The molecule has 16 heavy (non-hydrogen) atoms. The van der Waals surface area contributed by atoms with E-state index in [1.807, 2.05) is 0 Å². The second kappa shape index (κ2) is 2.93. The summed E-state index contributed by atoms with van der Waals surface area (Å²) in [6, 6.07) is 0. The fourth-order valence-corrected chi connectivity index (χ4v) is 7.86. The third kappa shape index (κ3) is 0.865. The summed E-state index contributed by atoms with van der Waals surface area (Å²) in [5.74, 6) is 3.26. The fraction of sp³-hybridized carbons (Fsp3) is 0.692. The molecule has 3 aliphatic heterocycles. The molecule has 1 aliphatic carbocycles. The maximum Gasteiger partial charge on any atom is 0.120 e. The van der Waals surface area contributed by atoms with Crippen LogP contribution in [-0.2, 0) is 4.74 Å². The van der Waals surface area contributed by atoms with E-state index in [9.17, 15) is 0 Å². The van der Waals surface area contributed by atoms with Gasteiger partial charge in [-0.3, -0.25) is 0 Å². The van der Waals surface area contributed by atoms with Gasteiger partial charge in [0.15, 0.2) is 0 Å². The van der Waals surface area contributed by atoms with Gasteiger partial charge in [0, 0.05) is 11.5 Å². The van der Waals surface area contributed by atoms with Gasteiger partial charge in [0.2, 0.25) is 0 Å². The molecule has 1 saturated carbocycles. The van der Waals surface area contributed by atoms with Crippen LogP contribution in [0.2, 0.25) is 0 Å². The molecule has 4 aliphatic rings. The summed E-state index contributed by atoms with van der Waals surface area (Å²) in [4.78, 5) is 0. The SMILES string of the molecule is C=C1C(=C)[C@@]23O[C@@H]1C[C@@H]2CCC31SCCS1. The van der Waals surface area contributed by atoms with E-state index in [0.29, 0.717) is 5.92 Å². The summed E-state index contributed by atoms with van der Waals surface area (Å²) in [5.41, 5.74) is 2.37. The molecule has 0 amide bonds. The summed E-state index contributed by atoms with van der Waals surface area (Å²) >= 11 is 4.24. The van der Waals surface area contributed by atoms with Crippen LogP contribution in [0.5, 0.6) is 0 Å². The fourth-order valence-electron chi connectivity index (χ4n) is 4.07. The molecule has 1 nitrogen and oxygen atoms in total. The molecule has 0 aromatic heterocycles. The average molecular weight is 252 g/mol. The first kappa shape index (κ1) is 10.1. The maximum atomic E-state index is 6.41. The quantitative estimate of drug-likeness (QED) is 0.655. The second-order valence-corrected chi connectivity index (χ2v) is 8.31. The number of rotatable bonds is 0. The topological polar surface area (TPSA) is 9.23 Å². The highest BCUT2D eigenvalue weighted by Crippen LogP contribution is 2.72. The molecule has 3 heterocycles. The van der Waals surface area contributed by atoms with Gasteiger partial charge < -0.3 is 4.74 Å². The minimum absolute atomic E-state index is 0.0411. The van der Waals surface area contributed by atoms with Crippen molar-refractivity contribution in [3.8, 4) is 0 Å². The summed E-state index contributed by atoms with van der Waals surface area (Å²) in [5, 5.41) is 0. The lowest BCUT2D eigenvalue weighted by atomic mass is 9.75. The van der Waals surface area contributed by atoms with Crippen LogP contribution in [0.1, 0.15) is 19.3 Å². The lowest BCUT2D eigenvalue weighted by Crippen LogP contribution is -2.47. The zero-order valence-corrected chi connectivity index (χ0v) is 11.0. The molecule has 2 bridgehead atoms. The van der Waals surface area contributed by atoms with E-state index in [1.54, 1.807) is 0 Å². The molecule has 3 atom stereocenters. The third-order valence-electron chi connectivity index (χ3n) is 4.77. The van der Waals surface area contributed by atoms with Crippen LogP contribution >= 0.6 is 23.5 Å². The highest BCUT2D eigenvalue weighted by molar-refractivity contribution is 8.21. The van der Waals surface area contributed by atoms with Crippen LogP contribution < -0.4 is 0 Å². The maximum absolute atomic E-state index is 6.41. The van der Waals surface area contributed by atoms with Gasteiger partial charge in [0.1, 0.15) is 5.60 Å². The molecular formula is C13H16OS2. The molecule has 0 N–H and O–H groups in total. The molecule has 86 valence electrons. The van der Waals surface area contributed by atoms with Gasteiger partial charge >= 0.3 is 0 Å². The number of thioether (sulfide) groups is 2. The van der Waals surface area contributed by atoms with Crippen molar-refractivity contribution in [1.82, 2.24) is 0 Å². The smallest absolute Gasteiger partial charge is 0.120 e. The van der Waals surface area contributed by atoms with E-state index in [-0.39, 0.29) is 15.8 Å². The van der Waals surface area contributed by atoms with Crippen molar-refractivity contribution in [3.63, 3.8) is 0 Å². The standard InChI is InChI=1S/C13H16OS2/c1-8-9(2)13-10(7-11(8)14-13)3-4-12(13)15-5-6-16-12/h10-11H,1-7H2/t10-,11+,13+/m0/s1. The van der Waals surface area contributed by atoms with E-state index in [0.717, 1.165) is 0 Å². The van der Waals surface area contributed by atoms with Crippen molar-refractivity contribution in [2.45, 2.75) is 35.0 Å². The van der Waals surface area contributed by atoms with Gasteiger partial charge in [-0.25, -0.2) is 0 Å². The monoisotopic (exact) mass is 252 g/mol. The molecule has 0 aromatic rings. The molecule has 3 heteroatoms. The number of hydrogen-bond acceptors (Lipinski definition) is 3. The highest BCUT2D eigenvalue weighted by Gasteiger charge is 2.72. The van der Waals surface area contributed by atoms with Crippen molar-refractivity contribution < 1.29 is 4.74 Å². The van der Waals surface area contributed by atoms with Crippen LogP contribution in [0, 0.1) is 5.92 Å². The molecule has 0 radical (unpaired) electrons. The van der Waals surface area contributed by atoms with Gasteiger partial charge in [-0.2, -0.15) is 0 Å². The first-order valence-corrected chi connectivity index (χ1v) is 8.01. The number of ether oxygens (including phenoxy) is 1. The van der Waals surface area contributed by atoms with E-state index in [1.165, 1.54) is 41.9 Å². The summed E-state index contributed by atoms with van der Waals surface area (Å²) in [6.45, 7) is 8.50. The van der Waals surface area contributed by atoms with E-state index < -0.39 is 0 Å². The van der Waals surface area contributed by atoms with Crippen LogP contribution in [0.25, 0.3) is 0 Å². The lowest BCUT2D eigenvalue weighted by molar-refractivity contribution is 0.0231. The van der Waals surface area contributed by atoms with Gasteiger partial charge in [-0.1, -0.05) is 13.2 Å². The van der Waals surface area contributed by atoms with Gasteiger partial charge in [-0.15, -0.1) is 23.5 Å². The predicted molar refractivity (Wildman–Crippen MR) is 70.9 cm³/mol. The minimum atomic E-state index is -0.0411. The molecule has 3 saturated heterocycles. The number of hydrogen-bond donors (Lipinski definition) is 0. The Morgan fingerprint density at radius 3 is 2.69 bits per heavy atom. The highest BCUT2D eigenvalue weighted by atomic mass is 32.2. The Morgan fingerprint density at radius 2 is 2.00 bits per heavy atom. The predicted octanol–water partition coefficient (Wildman–Crippen LogP) is 3.23. The van der Waals surface area contributed by atoms with Crippen molar-refractivity contribution in [3.05, 3.63) is 24.3 Å². The second-order valence-electron chi connectivity index (χ2n) is 5.27. The first-order chi connectivity index (χ1) is 7.70. The Bertz CT molecular complexity index is 397. The van der Waals surface area contributed by atoms with Crippen LogP contribution in [0.15, 0.2) is 24.3 Å². The zero-order chi connectivity index (χ0) is 11.0. The van der Waals surface area contributed by atoms with E-state index in [2.05, 4.69) is 36.7 Å². The summed E-state index contributed by atoms with van der Waals surface area (Å²) in [6.07, 6.45) is 4.10. The Hall–Kier alpha value is 0.140. The van der Waals surface area contributed by atoms with Crippen LogP contribution in [-0.4, -0.2) is 27.3 Å². The van der Waals surface area contributed by atoms with Gasteiger partial charge in [-0.05, 0) is 36.3 Å². The van der Waals surface area contributed by atoms with Crippen LogP contribution in [0.4, 0.5) is 0 Å². The van der Waals surface area contributed by atoms with E-state index in [4.69, 9.17) is 4.74 Å². The van der Waals surface area contributed by atoms with Crippen molar-refractivity contribution in [2.75, 3.05) is 11.5 Å². The molecule has 2 spiro atoms. The molecule has 4 rings (SSSR count). The lowest BCUT2D eigenvalue weighted by Gasteiger charge is -2.40. The molecule has 4 fully saturated rings. The largest absolute Gasteiger partial charge is 0.360 e. The number of fused-ring (bicyclic) bond motifs is 1. The molecule has 0 aromatic carbocycles. The van der Waals surface area contributed by atoms with Gasteiger partial charge in [0.05, 0.1) is 10.2 Å². The van der Waals surface area contributed by atoms with Crippen LogP contribution in [0.3, 0.4) is 0 Å². The van der Waals surface area contributed by atoms with Crippen molar-refractivity contribution in [1.29, 1.82) is 0 Å². The van der Waals surface area contributed by atoms with E-state index >= 15 is 0 Å². The molecule has 0 unspecified atom stereocenters. The summed E-state index contributed by atoms with van der Waals surface area (Å²) in [7, 11) is 0. The molecular weight excluding hydrogens is 236 g/mol. The summed E-state index contributed by atoms with van der Waals surface area (Å²) < 4.78 is 6.69. The average Bonchev–Trinajstić information content (AvgIpc) is 2.98. The Kier molecular flexibility index (Phi) is 1.85. The minimum Gasteiger partial charge on any atom is -0.360 e. The Morgan fingerprint density at radius 1 is 1.25 bits per heavy atom. The van der Waals surface area contributed by atoms with Crippen molar-refractivity contribution in [2.24, 2.45) is 5.92 Å². The third-order valence-corrected chi connectivity index (χ3v) is 8.50. The normalized spacial score (nSPS) is 48.2. The Balaban J connectivity index is 1.88. The zero-order valence-electron chi connectivity index (χ0n) is 9.33. The van der Waals surface area contributed by atoms with Crippen molar-refractivity contribution >= 4 is 23.5 Å². The Labute approximate surface area is 105 Å².